The van der Waals surface area contributed by atoms with Gasteiger partial charge in [0.25, 0.3) is 5.91 Å². The lowest BCUT2D eigenvalue weighted by molar-refractivity contribution is 0.0820. The smallest absolute Gasteiger partial charge is 0.409 e. The maximum Gasteiger partial charge on any atom is 0.409 e. The third kappa shape index (κ3) is 3.68. The van der Waals surface area contributed by atoms with E-state index in [9.17, 15) is 14.4 Å². The maximum absolute atomic E-state index is 13.5. The number of nitrogens with one attached hydrogen (secondary N) is 1. The number of alkyl halides is 1. The van der Waals surface area contributed by atoms with Gasteiger partial charge < -0.3 is 15.4 Å². The molecule has 29 heavy (non-hydrogen) atoms. The molecular formula is C21H28ClN3O4. The molecule has 0 aromatic heterocycles. The van der Waals surface area contributed by atoms with Crippen molar-refractivity contribution < 1.29 is 19.1 Å². The van der Waals surface area contributed by atoms with Gasteiger partial charge in [-0.05, 0) is 18.6 Å². The first kappa shape index (κ1) is 21.4. The Morgan fingerprint density at radius 3 is 2.55 bits per heavy atom. The van der Waals surface area contributed by atoms with Crippen molar-refractivity contribution in [1.82, 2.24) is 10.2 Å². The fourth-order valence-electron chi connectivity index (χ4n) is 4.24. The van der Waals surface area contributed by atoms with Crippen LogP contribution in [0.25, 0.3) is 0 Å². The highest BCUT2D eigenvalue weighted by Crippen LogP contribution is 2.53. The number of hydrogen-bond donors (Lipinski definition) is 2. The predicted octanol–water partition coefficient (Wildman–Crippen LogP) is 3.26. The van der Waals surface area contributed by atoms with Gasteiger partial charge in [-0.2, -0.15) is 0 Å². The molecule has 2 heterocycles. The zero-order chi connectivity index (χ0) is 21.4. The molecule has 8 heteroatoms. The van der Waals surface area contributed by atoms with Crippen molar-refractivity contribution in [2.45, 2.75) is 63.5 Å². The van der Waals surface area contributed by atoms with E-state index in [0.717, 1.165) is 19.3 Å². The van der Waals surface area contributed by atoms with Gasteiger partial charge in [0, 0.05) is 5.41 Å². The lowest BCUT2D eigenvalue weighted by Gasteiger charge is -2.31. The van der Waals surface area contributed by atoms with Crippen molar-refractivity contribution in [3.05, 3.63) is 35.4 Å². The van der Waals surface area contributed by atoms with Crippen LogP contribution >= 0.6 is 11.6 Å². The van der Waals surface area contributed by atoms with Crippen LogP contribution < -0.4 is 11.1 Å². The van der Waals surface area contributed by atoms with Gasteiger partial charge in [0.05, 0.1) is 29.2 Å². The highest BCUT2D eigenvalue weighted by atomic mass is 35.5. The molecule has 3 N–H and O–H groups in total. The van der Waals surface area contributed by atoms with Crippen LogP contribution in [-0.2, 0) is 4.74 Å². The lowest BCUT2D eigenvalue weighted by Crippen LogP contribution is -2.52. The number of nitrogens with zero attached hydrogens (tertiary/aromatic N) is 1. The number of carbonyl (C=O) groups is 3. The molecule has 3 rings (SSSR count). The summed E-state index contributed by atoms with van der Waals surface area (Å²) in [5, 5.41) is 2.29. The third-order valence-corrected chi connectivity index (χ3v) is 6.75. The Labute approximate surface area is 175 Å². The molecule has 158 valence electrons. The van der Waals surface area contributed by atoms with Crippen LogP contribution in [0.5, 0.6) is 0 Å². The second kappa shape index (κ2) is 7.86. The van der Waals surface area contributed by atoms with Gasteiger partial charge in [-0.15, -0.1) is 11.6 Å². The number of unbranched alkanes of at least 4 members (excludes halogenated alkanes) is 2. The second-order valence-electron chi connectivity index (χ2n) is 8.47. The summed E-state index contributed by atoms with van der Waals surface area (Å²) in [6.45, 7) is 6.07. The summed E-state index contributed by atoms with van der Waals surface area (Å²) in [5.41, 5.74) is 4.21. The number of carbonyl (C=O) groups excluding carboxylic acids is 3. The highest BCUT2D eigenvalue weighted by Gasteiger charge is 2.72. The Morgan fingerprint density at radius 1 is 1.28 bits per heavy atom. The van der Waals surface area contributed by atoms with Gasteiger partial charge in [-0.1, -0.05) is 52.2 Å². The quantitative estimate of drug-likeness (QED) is 0.418. The number of cyclic esters (lactones) is 1. The molecule has 1 aromatic rings. The van der Waals surface area contributed by atoms with Crippen molar-refractivity contribution in [3.63, 3.8) is 0 Å². The van der Waals surface area contributed by atoms with E-state index >= 15 is 0 Å². The third-order valence-electron chi connectivity index (χ3n) is 5.82. The molecule has 2 aliphatic heterocycles. The number of benzene rings is 1. The first-order chi connectivity index (χ1) is 13.7. The molecule has 1 unspecified atom stereocenters. The minimum atomic E-state index is -1.06. The molecular weight excluding hydrogens is 394 g/mol. The van der Waals surface area contributed by atoms with Gasteiger partial charge >= 0.3 is 6.09 Å². The number of hydrogen-bond acceptors (Lipinski definition) is 4. The SMILES string of the molecule is CCCCCC1N(C(=O)c2ccccc2C(N)=O)[C@]12NC(=O)OCC(C)(C)[C@@H]2Cl. The maximum atomic E-state index is 13.5. The highest BCUT2D eigenvalue weighted by molar-refractivity contribution is 6.23. The molecule has 0 radical (unpaired) electrons. The Balaban J connectivity index is 2.02. The Morgan fingerprint density at radius 2 is 1.93 bits per heavy atom. The topological polar surface area (TPSA) is 101 Å². The summed E-state index contributed by atoms with van der Waals surface area (Å²) in [5.74, 6) is -1.05. The average molecular weight is 422 g/mol. The molecule has 2 fully saturated rings. The summed E-state index contributed by atoms with van der Waals surface area (Å²) < 4.78 is 5.29. The van der Waals surface area contributed by atoms with Crippen molar-refractivity contribution in [2.75, 3.05) is 6.61 Å². The Bertz CT molecular complexity index is 828. The largest absolute Gasteiger partial charge is 0.449 e. The van der Waals surface area contributed by atoms with Crippen LogP contribution in [0.4, 0.5) is 4.79 Å². The van der Waals surface area contributed by atoms with Gasteiger partial charge in [-0.3, -0.25) is 14.9 Å². The van der Waals surface area contributed by atoms with E-state index in [1.54, 1.807) is 23.1 Å². The molecule has 2 saturated heterocycles. The van der Waals surface area contributed by atoms with Gasteiger partial charge in [0.15, 0.2) is 5.66 Å². The molecule has 2 aliphatic rings. The monoisotopic (exact) mass is 421 g/mol. The number of primary amides is 1. The van der Waals surface area contributed by atoms with E-state index in [1.807, 2.05) is 13.8 Å². The first-order valence-electron chi connectivity index (χ1n) is 9.98. The number of rotatable bonds is 6. The number of amides is 3. The van der Waals surface area contributed by atoms with Crippen LogP contribution in [0.3, 0.4) is 0 Å². The van der Waals surface area contributed by atoms with Crippen molar-refractivity contribution in [1.29, 1.82) is 0 Å². The van der Waals surface area contributed by atoms with E-state index in [2.05, 4.69) is 12.2 Å². The van der Waals surface area contributed by atoms with Crippen LogP contribution in [0.2, 0.25) is 0 Å². The summed E-state index contributed by atoms with van der Waals surface area (Å²) in [7, 11) is 0. The number of ether oxygens (including phenoxy) is 1. The normalized spacial score (nSPS) is 27.7. The van der Waals surface area contributed by atoms with Crippen molar-refractivity contribution >= 4 is 29.5 Å². The minimum absolute atomic E-state index is 0.147. The number of halogens is 1. The van der Waals surface area contributed by atoms with Gasteiger partial charge in [-0.25, -0.2) is 4.79 Å². The van der Waals surface area contributed by atoms with E-state index in [1.165, 1.54) is 6.07 Å². The van der Waals surface area contributed by atoms with Gasteiger partial charge in [0.2, 0.25) is 5.91 Å². The molecule has 7 nitrogen and oxygen atoms in total. The average Bonchev–Trinajstić information content (AvgIpc) is 3.33. The molecule has 1 aromatic carbocycles. The fourth-order valence-corrected chi connectivity index (χ4v) is 4.61. The summed E-state index contributed by atoms with van der Waals surface area (Å²) >= 11 is 6.89. The Hall–Kier alpha value is -2.28. The van der Waals surface area contributed by atoms with Crippen LogP contribution in [0.1, 0.15) is 67.2 Å². The standard InChI is InChI=1S/C21H28ClN3O4/c1-4-5-6-11-15-21(18(22)20(2,3)12-29-19(28)24-21)25(15)17(27)14-10-8-7-9-13(14)16(23)26/h7-10,15,18H,4-6,11-12H2,1-3H3,(H2,23,26)(H,24,28)/t15?,18-,21+,25?/m0/s1. The van der Waals surface area contributed by atoms with E-state index in [4.69, 9.17) is 22.1 Å². The van der Waals surface area contributed by atoms with Crippen LogP contribution in [0.15, 0.2) is 24.3 Å². The zero-order valence-electron chi connectivity index (χ0n) is 17.0. The molecule has 0 saturated carbocycles. The van der Waals surface area contributed by atoms with Crippen LogP contribution in [0, 0.1) is 5.41 Å². The molecule has 0 bridgehead atoms. The van der Waals surface area contributed by atoms with Crippen molar-refractivity contribution in [2.24, 2.45) is 11.1 Å². The number of nitrogens with two attached hydrogens (primary N) is 1. The summed E-state index contributed by atoms with van der Waals surface area (Å²) in [6.07, 6.45) is 3.03. The molecule has 3 atom stereocenters. The van der Waals surface area contributed by atoms with Gasteiger partial charge in [0.1, 0.15) is 0 Å². The van der Waals surface area contributed by atoms with Crippen molar-refractivity contribution in [3.8, 4) is 0 Å². The van der Waals surface area contributed by atoms with E-state index in [-0.39, 0.29) is 29.7 Å². The molecule has 0 aliphatic carbocycles. The first-order valence-corrected chi connectivity index (χ1v) is 10.4. The summed E-state index contributed by atoms with van der Waals surface area (Å²) in [6, 6.07) is 6.14. The zero-order valence-corrected chi connectivity index (χ0v) is 17.8. The fraction of sp³-hybridized carbons (Fsp3) is 0.571. The molecule has 1 spiro atoms. The number of alkyl carbamates (subject to hydrolysis) is 1. The summed E-state index contributed by atoms with van der Waals surface area (Å²) in [4.78, 5) is 39.2. The van der Waals surface area contributed by atoms with E-state index < -0.39 is 28.5 Å². The Kier molecular flexibility index (Phi) is 5.81. The minimum Gasteiger partial charge on any atom is -0.449 e. The van der Waals surface area contributed by atoms with E-state index in [0.29, 0.717) is 6.42 Å². The predicted molar refractivity (Wildman–Crippen MR) is 110 cm³/mol. The molecule has 3 amide bonds. The van der Waals surface area contributed by atoms with Crippen LogP contribution in [-0.4, -0.2) is 46.5 Å². The second-order valence-corrected chi connectivity index (χ2v) is 8.91. The lowest BCUT2D eigenvalue weighted by atomic mass is 9.84.